The first-order chi connectivity index (χ1) is 11.6. The van der Waals surface area contributed by atoms with E-state index in [2.05, 4.69) is 26.5 Å². The summed E-state index contributed by atoms with van der Waals surface area (Å²) in [5.41, 5.74) is 0.658. The molecule has 7 nitrogen and oxygen atoms in total. The van der Waals surface area contributed by atoms with Gasteiger partial charge in [0, 0.05) is 25.6 Å². The van der Waals surface area contributed by atoms with E-state index in [4.69, 9.17) is 4.74 Å². The summed E-state index contributed by atoms with van der Waals surface area (Å²) in [4.78, 5) is 13.1. The summed E-state index contributed by atoms with van der Waals surface area (Å²) in [5, 5.41) is 2.85. The topological polar surface area (TPSA) is 82.0 Å². The Morgan fingerprint density at radius 3 is 2.52 bits per heavy atom. The first-order valence-corrected chi connectivity index (χ1v) is 9.58. The molecule has 0 spiro atoms. The minimum atomic E-state index is -3.28. The van der Waals surface area contributed by atoms with Gasteiger partial charge in [0.25, 0.3) is 5.91 Å². The third kappa shape index (κ3) is 4.09. The van der Waals surface area contributed by atoms with Gasteiger partial charge in [-0.1, -0.05) is 22.9 Å². The van der Waals surface area contributed by atoms with Gasteiger partial charge in [0.05, 0.1) is 39.7 Å². The zero-order valence-electron chi connectivity index (χ0n) is 15.4. The fourth-order valence-electron chi connectivity index (χ4n) is 2.73. The number of hydrogen-bond donors (Lipinski definition) is 3. The van der Waals surface area contributed by atoms with E-state index in [0.717, 1.165) is 17.4 Å². The van der Waals surface area contributed by atoms with Gasteiger partial charge < -0.3 is 14.5 Å². The third-order valence-corrected chi connectivity index (χ3v) is 5.94. The number of carbonyl (C=O) groups is 1. The van der Waals surface area contributed by atoms with E-state index < -0.39 is 10.8 Å². The van der Waals surface area contributed by atoms with Crippen LogP contribution in [0.2, 0.25) is 0 Å². The van der Waals surface area contributed by atoms with E-state index >= 15 is 0 Å². The molecule has 3 N–H and O–H groups in total. The molecule has 140 valence electrons. The van der Waals surface area contributed by atoms with Crippen molar-refractivity contribution in [2.24, 2.45) is 0 Å². The van der Waals surface area contributed by atoms with Crippen molar-refractivity contribution in [2.75, 3.05) is 48.4 Å². The van der Waals surface area contributed by atoms with Gasteiger partial charge in [-0.05, 0) is 12.1 Å². The summed E-state index contributed by atoms with van der Waals surface area (Å²) in [6.07, 6.45) is 0.821. The van der Waals surface area contributed by atoms with Crippen molar-refractivity contribution in [1.29, 1.82) is 0 Å². The van der Waals surface area contributed by atoms with Crippen molar-refractivity contribution < 1.29 is 23.1 Å². The molecule has 1 aliphatic heterocycles. The molecular weight excluding hydrogens is 342 g/mol. The number of nitrogens with one attached hydrogen (secondary N) is 1. The summed E-state index contributed by atoms with van der Waals surface area (Å²) in [6.45, 7) is 1.42. The van der Waals surface area contributed by atoms with Gasteiger partial charge >= 0.3 is 0 Å². The molecule has 0 saturated carbocycles. The minimum Gasteiger partial charge on any atom is -0.494 e. The molecule has 0 radical (unpaired) electrons. The molecule has 1 heterocycles. The Labute approximate surface area is 151 Å². The molecule has 0 aliphatic carbocycles. The summed E-state index contributed by atoms with van der Waals surface area (Å²) in [5.74, 6) is -0.0383. The van der Waals surface area contributed by atoms with Crippen LogP contribution in [0.1, 0.15) is 12.0 Å². The zero-order valence-corrected chi connectivity index (χ0v) is 16.3. The van der Waals surface area contributed by atoms with Gasteiger partial charge in [-0.3, -0.25) is 18.2 Å². The fourth-order valence-corrected chi connectivity index (χ4v) is 4.16. The lowest BCUT2D eigenvalue weighted by Gasteiger charge is -2.46. The van der Waals surface area contributed by atoms with Crippen LogP contribution in [0.15, 0.2) is 34.9 Å². The van der Waals surface area contributed by atoms with Crippen LogP contribution >= 0.6 is 10.8 Å². The highest BCUT2D eigenvalue weighted by atomic mass is 32.3. The van der Waals surface area contributed by atoms with Gasteiger partial charge in [0.15, 0.2) is 11.5 Å². The highest BCUT2D eigenvalue weighted by Crippen LogP contribution is 2.58. The van der Waals surface area contributed by atoms with Crippen molar-refractivity contribution in [1.82, 2.24) is 9.62 Å². The van der Waals surface area contributed by atoms with Crippen LogP contribution in [0, 0.1) is 0 Å². The molecule has 0 aromatic heterocycles. The van der Waals surface area contributed by atoms with Crippen LogP contribution < -0.4 is 5.32 Å². The number of nitrogens with zero attached hydrogens (tertiary/aromatic N) is 2. The van der Waals surface area contributed by atoms with E-state index in [1.165, 1.54) is 18.5 Å². The molecule has 0 atom stereocenters. The van der Waals surface area contributed by atoms with Crippen LogP contribution in [0.4, 0.5) is 0 Å². The highest BCUT2D eigenvalue weighted by Gasteiger charge is 2.38. The Bertz CT molecular complexity index is 683. The number of methoxy groups -OCH3 is 1. The number of rotatable bonds is 6. The predicted octanol–water partition coefficient (Wildman–Crippen LogP) is 2.18. The van der Waals surface area contributed by atoms with Gasteiger partial charge in [0.2, 0.25) is 0 Å². The second kappa shape index (κ2) is 7.25. The van der Waals surface area contributed by atoms with Gasteiger partial charge in [0.1, 0.15) is 0 Å². The number of amides is 1. The van der Waals surface area contributed by atoms with E-state index in [9.17, 15) is 13.9 Å². The Hall–Kier alpha value is -1.74. The van der Waals surface area contributed by atoms with Crippen LogP contribution in [0.25, 0.3) is 5.76 Å². The lowest BCUT2D eigenvalue weighted by molar-refractivity contribution is -0.870. The maximum Gasteiger partial charge on any atom is 0.273 e. The van der Waals surface area contributed by atoms with Gasteiger partial charge in [-0.2, -0.15) is 0 Å². The van der Waals surface area contributed by atoms with Crippen LogP contribution in [0.3, 0.4) is 0 Å². The van der Waals surface area contributed by atoms with Crippen molar-refractivity contribution >= 4 is 22.4 Å². The van der Waals surface area contributed by atoms with E-state index in [0.29, 0.717) is 22.8 Å². The standard InChI is InChI=1S/C17H27N3O4S/c1-19-15(17(21)18-11-8-12-20(2,3)4)16(24-5)13-9-6-7-10-14(13)25(19,22)23/h6-7,9-10H,8,11-12H2,1-5H3,(H2-,18,21,22,23)/p+1. The average molecular weight is 370 g/mol. The van der Waals surface area contributed by atoms with Crippen molar-refractivity contribution in [3.63, 3.8) is 0 Å². The number of carbonyl (C=O) groups excluding carboxylic acids is 1. The number of quaternary nitrogens is 1. The van der Waals surface area contributed by atoms with Crippen LogP contribution in [-0.4, -0.2) is 72.2 Å². The molecule has 1 aromatic rings. The van der Waals surface area contributed by atoms with Crippen molar-refractivity contribution in [3.05, 3.63) is 35.5 Å². The molecule has 1 aliphatic rings. The second-order valence-electron chi connectivity index (χ2n) is 7.02. The maximum atomic E-state index is 12.7. The van der Waals surface area contributed by atoms with Crippen molar-refractivity contribution in [3.8, 4) is 0 Å². The van der Waals surface area contributed by atoms with E-state index in [1.807, 2.05) is 0 Å². The average Bonchev–Trinajstić information content (AvgIpc) is 2.54. The first kappa shape index (κ1) is 19.6. The smallest absolute Gasteiger partial charge is 0.273 e. The predicted molar refractivity (Wildman–Crippen MR) is 99.8 cm³/mol. The molecule has 2 rings (SSSR count). The van der Waals surface area contributed by atoms with E-state index in [-0.39, 0.29) is 11.6 Å². The Balaban J connectivity index is 2.28. The number of ether oxygens (including phenoxy) is 1. The molecule has 8 heteroatoms. The summed E-state index contributed by atoms with van der Waals surface area (Å²) in [7, 11) is 5.96. The molecular formula is C17H28N3O4S+. The normalized spacial score (nSPS) is 17.8. The summed E-state index contributed by atoms with van der Waals surface area (Å²) < 4.78 is 28.7. The highest BCUT2D eigenvalue weighted by molar-refractivity contribution is 8.22. The van der Waals surface area contributed by atoms with E-state index in [1.54, 1.807) is 24.3 Å². The summed E-state index contributed by atoms with van der Waals surface area (Å²) in [6, 6.07) is 6.86. The molecule has 0 unspecified atom stereocenters. The Kier molecular flexibility index (Phi) is 5.68. The largest absolute Gasteiger partial charge is 0.494 e. The Morgan fingerprint density at radius 1 is 1.28 bits per heavy atom. The fraction of sp³-hybridized carbons (Fsp3) is 0.471. The number of fused-ring (bicyclic) bond motifs is 1. The third-order valence-electron chi connectivity index (χ3n) is 4.05. The second-order valence-corrected chi connectivity index (χ2v) is 9.04. The van der Waals surface area contributed by atoms with Gasteiger partial charge in [-0.25, -0.2) is 0 Å². The molecule has 0 fully saturated rings. The lowest BCUT2D eigenvalue weighted by Crippen LogP contribution is -2.40. The monoisotopic (exact) mass is 370 g/mol. The molecule has 0 saturated heterocycles. The zero-order chi connectivity index (χ0) is 18.8. The molecule has 1 aromatic carbocycles. The summed E-state index contributed by atoms with van der Waals surface area (Å²) >= 11 is 0. The number of benzene rings is 1. The lowest BCUT2D eigenvalue weighted by atomic mass is 10.1. The van der Waals surface area contributed by atoms with Gasteiger partial charge in [-0.15, -0.1) is 0 Å². The van der Waals surface area contributed by atoms with Crippen LogP contribution in [-0.2, 0) is 9.53 Å². The minimum absolute atomic E-state index is 0.131. The SMILES string of the molecule is COC1=C(C(=O)NCCC[N+](C)(C)C)N(C)S(O)(O)c2ccccc21. The first-order valence-electron chi connectivity index (χ1n) is 8.08. The number of hydrogen-bond acceptors (Lipinski definition) is 5. The van der Waals surface area contributed by atoms with Crippen LogP contribution in [0.5, 0.6) is 0 Å². The molecule has 0 bridgehead atoms. The Morgan fingerprint density at radius 2 is 1.92 bits per heavy atom. The number of likely N-dealkylation sites (N-methyl/N-ethyl adjacent to an activating group) is 1. The van der Waals surface area contributed by atoms with Crippen molar-refractivity contribution in [2.45, 2.75) is 11.3 Å². The molecule has 25 heavy (non-hydrogen) atoms. The molecule has 1 amide bonds. The quantitative estimate of drug-likeness (QED) is 0.528. The maximum absolute atomic E-state index is 12.7.